The minimum atomic E-state index is -0.504. The molecule has 2 aliphatic carbocycles. The van der Waals surface area contributed by atoms with Crippen molar-refractivity contribution in [3.63, 3.8) is 0 Å². The lowest BCUT2D eigenvalue weighted by molar-refractivity contribution is 0.00366. The summed E-state index contributed by atoms with van der Waals surface area (Å²) in [6, 6.07) is 9.39. The highest BCUT2D eigenvalue weighted by Crippen LogP contribution is 2.55. The third kappa shape index (κ3) is 3.86. The molecule has 2 atom stereocenters. The van der Waals surface area contributed by atoms with E-state index in [1.54, 1.807) is 4.90 Å². The summed E-state index contributed by atoms with van der Waals surface area (Å²) in [7, 11) is 0. The van der Waals surface area contributed by atoms with Crippen LogP contribution in [0.1, 0.15) is 59.8 Å². The molecule has 3 fully saturated rings. The van der Waals surface area contributed by atoms with Gasteiger partial charge in [-0.25, -0.2) is 9.18 Å². The van der Waals surface area contributed by atoms with Crippen LogP contribution in [0.2, 0.25) is 0 Å². The molecule has 3 heterocycles. The molecular weight excluding hydrogens is 425 g/mol. The Bertz CT molecular complexity index is 1100. The number of fused-ring (bicyclic) bond motifs is 3. The number of pyridine rings is 1. The molecule has 4 aliphatic rings. The van der Waals surface area contributed by atoms with Crippen molar-refractivity contribution in [1.82, 2.24) is 10.3 Å². The van der Waals surface area contributed by atoms with Gasteiger partial charge < -0.3 is 14.8 Å². The number of amides is 2. The van der Waals surface area contributed by atoms with E-state index in [1.807, 2.05) is 12.1 Å². The maximum Gasteiger partial charge on any atom is 0.414 e. The van der Waals surface area contributed by atoms with Gasteiger partial charge in [0, 0.05) is 30.9 Å². The number of nitrogens with one attached hydrogen (secondary N) is 1. The average Bonchev–Trinajstić information content (AvgIpc) is 3.75. The summed E-state index contributed by atoms with van der Waals surface area (Å²) >= 11 is 0. The van der Waals surface area contributed by atoms with Crippen molar-refractivity contribution < 1.29 is 23.5 Å². The molecule has 1 N–H and O–H groups in total. The zero-order valence-corrected chi connectivity index (χ0v) is 18.3. The van der Waals surface area contributed by atoms with Crippen molar-refractivity contribution in [2.45, 2.75) is 49.7 Å². The molecule has 2 saturated carbocycles. The minimum absolute atomic E-state index is 0.102. The van der Waals surface area contributed by atoms with Gasteiger partial charge in [0.05, 0.1) is 35.8 Å². The van der Waals surface area contributed by atoms with Crippen LogP contribution < -0.4 is 10.2 Å². The summed E-state index contributed by atoms with van der Waals surface area (Å²) in [6.45, 7) is 1.90. The van der Waals surface area contributed by atoms with Gasteiger partial charge in [0.25, 0.3) is 5.91 Å². The van der Waals surface area contributed by atoms with Crippen LogP contribution in [0.25, 0.3) is 0 Å². The van der Waals surface area contributed by atoms with Crippen LogP contribution in [0.15, 0.2) is 36.4 Å². The number of halogens is 1. The van der Waals surface area contributed by atoms with E-state index in [4.69, 9.17) is 14.5 Å². The third-order valence-corrected chi connectivity index (χ3v) is 7.24. The number of benzene rings is 1. The molecule has 7 nitrogen and oxygen atoms in total. The summed E-state index contributed by atoms with van der Waals surface area (Å²) in [5.74, 6) is 0.156. The van der Waals surface area contributed by atoms with Gasteiger partial charge in [0.1, 0.15) is 11.9 Å². The van der Waals surface area contributed by atoms with Crippen molar-refractivity contribution in [1.29, 1.82) is 0 Å². The topological polar surface area (TPSA) is 80.8 Å². The molecule has 2 amide bonds. The normalized spacial score (nSPS) is 24.9. The first kappa shape index (κ1) is 20.6. The predicted octanol–water partition coefficient (Wildman–Crippen LogP) is 3.88. The molecule has 1 unspecified atom stereocenters. The summed E-state index contributed by atoms with van der Waals surface area (Å²) in [4.78, 5) is 32.4. The summed E-state index contributed by atoms with van der Waals surface area (Å²) in [5.41, 5.74) is 2.48. The van der Waals surface area contributed by atoms with E-state index in [2.05, 4.69) is 5.32 Å². The number of rotatable bonds is 4. The van der Waals surface area contributed by atoms with Gasteiger partial charge in [-0.2, -0.15) is 0 Å². The van der Waals surface area contributed by atoms with Crippen LogP contribution in [0.5, 0.6) is 0 Å². The van der Waals surface area contributed by atoms with Gasteiger partial charge in [-0.15, -0.1) is 0 Å². The third-order valence-electron chi connectivity index (χ3n) is 7.24. The molecule has 1 aromatic heterocycles. The largest absolute Gasteiger partial charge is 0.446 e. The number of aromatic nitrogens is 1. The fourth-order valence-corrected chi connectivity index (χ4v) is 4.99. The number of hydrogen-bond acceptors (Lipinski definition) is 5. The van der Waals surface area contributed by atoms with E-state index in [0.29, 0.717) is 37.2 Å². The first-order valence-corrected chi connectivity index (χ1v) is 11.7. The van der Waals surface area contributed by atoms with Gasteiger partial charge in [-0.3, -0.25) is 14.7 Å². The Balaban J connectivity index is 1.22. The first-order valence-electron chi connectivity index (χ1n) is 11.7. The highest BCUT2D eigenvalue weighted by Gasteiger charge is 2.51. The van der Waals surface area contributed by atoms with Gasteiger partial charge in [0.2, 0.25) is 0 Å². The lowest BCUT2D eigenvalue weighted by Gasteiger charge is -2.31. The van der Waals surface area contributed by atoms with Crippen LogP contribution >= 0.6 is 0 Å². The van der Waals surface area contributed by atoms with Gasteiger partial charge in [-0.1, -0.05) is 0 Å². The fraction of sp³-hybridized carbons (Fsp3) is 0.480. The molecular formula is C25H26FN3O4. The van der Waals surface area contributed by atoms with Crippen molar-refractivity contribution in [2.24, 2.45) is 5.92 Å². The van der Waals surface area contributed by atoms with E-state index in [1.165, 1.54) is 24.3 Å². The van der Waals surface area contributed by atoms with E-state index >= 15 is 0 Å². The molecule has 1 saturated heterocycles. The monoisotopic (exact) mass is 451 g/mol. The highest BCUT2D eigenvalue weighted by atomic mass is 19.1. The Morgan fingerprint density at radius 3 is 2.61 bits per heavy atom. The predicted molar refractivity (Wildman–Crippen MR) is 118 cm³/mol. The van der Waals surface area contributed by atoms with E-state index in [0.717, 1.165) is 49.2 Å². The van der Waals surface area contributed by atoms with Crippen molar-refractivity contribution >= 4 is 17.7 Å². The molecule has 0 radical (unpaired) electrons. The van der Waals surface area contributed by atoms with Crippen molar-refractivity contribution in [2.75, 3.05) is 24.7 Å². The zero-order valence-electron chi connectivity index (χ0n) is 18.3. The summed E-state index contributed by atoms with van der Waals surface area (Å²) in [5, 5.41) is 3.10. The van der Waals surface area contributed by atoms with Crippen LogP contribution in [0.4, 0.5) is 14.9 Å². The summed E-state index contributed by atoms with van der Waals surface area (Å²) < 4.78 is 24.3. The Morgan fingerprint density at radius 1 is 1.12 bits per heavy atom. The summed E-state index contributed by atoms with van der Waals surface area (Å²) in [6.07, 6.45) is 3.66. The van der Waals surface area contributed by atoms with Crippen LogP contribution in [0, 0.1) is 11.7 Å². The Hall–Kier alpha value is -3.00. The van der Waals surface area contributed by atoms with E-state index < -0.39 is 5.54 Å². The maximum absolute atomic E-state index is 13.2. The fourth-order valence-electron chi connectivity index (χ4n) is 4.99. The quantitative estimate of drug-likeness (QED) is 0.763. The highest BCUT2D eigenvalue weighted by molar-refractivity contribution is 5.95. The molecule has 0 spiro atoms. The SMILES string of the molecule is O=C(NC1(c2ccc3c(n2)C2C[C@@H]2CN3C(=O)OC2CCOCC2)CC1)c1ccc(F)cc1. The maximum atomic E-state index is 13.2. The van der Waals surface area contributed by atoms with Crippen LogP contribution in [-0.4, -0.2) is 42.8 Å². The van der Waals surface area contributed by atoms with Crippen LogP contribution in [0.3, 0.4) is 0 Å². The molecule has 6 rings (SSSR count). The smallest absolute Gasteiger partial charge is 0.414 e. The molecule has 1 aromatic carbocycles. The number of carbonyl (C=O) groups excluding carboxylic acids is 2. The zero-order chi connectivity index (χ0) is 22.6. The Morgan fingerprint density at radius 2 is 1.88 bits per heavy atom. The number of anilines is 1. The number of hydrogen-bond donors (Lipinski definition) is 1. The van der Waals surface area contributed by atoms with Gasteiger partial charge in [0.15, 0.2) is 0 Å². The number of carbonyl (C=O) groups is 2. The standard InChI is InChI=1S/C25H26FN3O4/c26-17-3-1-15(2-4-17)23(30)28-25(9-10-25)21-6-5-20-22(27-21)19-13-16(19)14-29(20)24(31)33-18-7-11-32-12-8-18/h1-6,16,18-19H,7-14H2,(H,28,30)/t16-,19?/m1/s1. The molecule has 2 aliphatic heterocycles. The molecule has 172 valence electrons. The average molecular weight is 451 g/mol. The van der Waals surface area contributed by atoms with Crippen LogP contribution in [-0.2, 0) is 15.0 Å². The van der Waals surface area contributed by atoms with E-state index in [9.17, 15) is 14.0 Å². The van der Waals surface area contributed by atoms with Crippen molar-refractivity contribution in [3.05, 3.63) is 59.2 Å². The molecule has 33 heavy (non-hydrogen) atoms. The lowest BCUT2D eigenvalue weighted by Crippen LogP contribution is -2.40. The lowest BCUT2D eigenvalue weighted by atomic mass is 10.0. The van der Waals surface area contributed by atoms with E-state index in [-0.39, 0.29) is 23.9 Å². The van der Waals surface area contributed by atoms with Gasteiger partial charge >= 0.3 is 6.09 Å². The molecule has 0 bridgehead atoms. The Labute approximate surface area is 191 Å². The number of nitrogens with zero attached hydrogens (tertiary/aromatic N) is 2. The second kappa shape index (κ2) is 7.80. The second-order valence-electron chi connectivity index (χ2n) is 9.55. The molecule has 2 aromatic rings. The van der Waals surface area contributed by atoms with Gasteiger partial charge in [-0.05, 0) is 61.6 Å². The molecule has 8 heteroatoms. The number of ether oxygens (including phenoxy) is 2. The Kier molecular flexibility index (Phi) is 4.87. The van der Waals surface area contributed by atoms with Crippen molar-refractivity contribution in [3.8, 4) is 0 Å². The first-order chi connectivity index (χ1) is 16.0. The minimum Gasteiger partial charge on any atom is -0.446 e. The second-order valence-corrected chi connectivity index (χ2v) is 9.55.